The highest BCUT2D eigenvalue weighted by Gasteiger charge is 2.18. The van der Waals surface area contributed by atoms with E-state index in [1.54, 1.807) is 12.1 Å². The quantitative estimate of drug-likeness (QED) is 0.664. The fourth-order valence-electron chi connectivity index (χ4n) is 1.71. The first-order valence-corrected chi connectivity index (χ1v) is 6.90. The van der Waals surface area contributed by atoms with Crippen LogP contribution in [0.5, 0.6) is 11.5 Å². The Kier molecular flexibility index (Phi) is 4.63. The van der Waals surface area contributed by atoms with Gasteiger partial charge in [-0.05, 0) is 17.7 Å². The van der Waals surface area contributed by atoms with E-state index in [4.69, 9.17) is 4.74 Å². The molecule has 0 aliphatic heterocycles. The number of benzene rings is 2. The summed E-state index contributed by atoms with van der Waals surface area (Å²) in [5, 5.41) is 12.4. The molecule has 0 bridgehead atoms. The lowest BCUT2D eigenvalue weighted by Crippen LogP contribution is -2.17. The van der Waals surface area contributed by atoms with Gasteiger partial charge in [0.05, 0.1) is 12.8 Å². The van der Waals surface area contributed by atoms with E-state index in [0.29, 0.717) is 11.4 Å². The average Bonchev–Trinajstić information content (AvgIpc) is 2.49. The minimum Gasteiger partial charge on any atom is -0.506 e. The summed E-state index contributed by atoms with van der Waals surface area (Å²) in [6.45, 7) is 0. The lowest BCUT2D eigenvalue weighted by molar-refractivity contribution is -0.115. The Labute approximate surface area is 125 Å². The molecule has 1 unspecified atom stereocenters. The van der Waals surface area contributed by atoms with Gasteiger partial charge in [-0.1, -0.05) is 46.3 Å². The zero-order chi connectivity index (χ0) is 14.5. The van der Waals surface area contributed by atoms with Crippen molar-refractivity contribution in [1.29, 1.82) is 0 Å². The van der Waals surface area contributed by atoms with Crippen molar-refractivity contribution in [3.8, 4) is 11.5 Å². The summed E-state index contributed by atoms with van der Waals surface area (Å²) in [5.41, 5.74) is 1.15. The predicted octanol–water partition coefficient (Wildman–Crippen LogP) is 3.48. The molecular weight excluding hydrogens is 322 g/mol. The van der Waals surface area contributed by atoms with Crippen molar-refractivity contribution in [1.82, 2.24) is 0 Å². The molecule has 2 aromatic carbocycles. The van der Waals surface area contributed by atoms with E-state index >= 15 is 0 Å². The largest absolute Gasteiger partial charge is 0.506 e. The number of carbonyl (C=O) groups excluding carboxylic acids is 1. The number of carbonyl (C=O) groups is 1. The normalized spacial score (nSPS) is 11.7. The zero-order valence-corrected chi connectivity index (χ0v) is 12.4. The summed E-state index contributed by atoms with van der Waals surface area (Å²) in [4.78, 5) is 11.7. The van der Waals surface area contributed by atoms with Crippen LogP contribution in [0, 0.1) is 0 Å². The summed E-state index contributed by atoms with van der Waals surface area (Å²) in [6, 6.07) is 14.0. The summed E-state index contributed by atoms with van der Waals surface area (Å²) in [7, 11) is 1.52. The van der Waals surface area contributed by atoms with Crippen LogP contribution in [0.1, 0.15) is 10.4 Å². The smallest absolute Gasteiger partial charge is 0.242 e. The highest BCUT2D eigenvalue weighted by molar-refractivity contribution is 9.09. The molecule has 0 aliphatic carbocycles. The van der Waals surface area contributed by atoms with Crippen LogP contribution >= 0.6 is 15.9 Å². The van der Waals surface area contributed by atoms with Crippen molar-refractivity contribution >= 4 is 27.5 Å². The number of phenolic OH excluding ortho intramolecular Hbond substituents is 1. The topological polar surface area (TPSA) is 58.6 Å². The van der Waals surface area contributed by atoms with E-state index in [0.717, 1.165) is 5.56 Å². The number of ether oxygens (including phenoxy) is 1. The second kappa shape index (κ2) is 6.43. The molecule has 0 saturated heterocycles. The maximum absolute atomic E-state index is 12.2. The molecule has 0 aliphatic rings. The van der Waals surface area contributed by atoms with Gasteiger partial charge < -0.3 is 15.2 Å². The van der Waals surface area contributed by atoms with E-state index in [-0.39, 0.29) is 11.7 Å². The zero-order valence-electron chi connectivity index (χ0n) is 10.8. The highest BCUT2D eigenvalue weighted by atomic mass is 79.9. The first-order chi connectivity index (χ1) is 9.61. The fraction of sp³-hybridized carbons (Fsp3) is 0.133. The van der Waals surface area contributed by atoms with Gasteiger partial charge >= 0.3 is 0 Å². The van der Waals surface area contributed by atoms with Crippen LogP contribution in [0.3, 0.4) is 0 Å². The maximum atomic E-state index is 12.2. The Bertz CT molecular complexity index is 601. The lowest BCUT2D eigenvalue weighted by Gasteiger charge is -2.13. The number of methoxy groups -OCH3 is 1. The first-order valence-electron chi connectivity index (χ1n) is 5.98. The van der Waals surface area contributed by atoms with Gasteiger partial charge in [0.1, 0.15) is 16.3 Å². The minimum absolute atomic E-state index is 0.00749. The predicted molar refractivity (Wildman–Crippen MR) is 81.4 cm³/mol. The number of hydrogen-bond donors (Lipinski definition) is 2. The number of anilines is 1. The van der Waals surface area contributed by atoms with Gasteiger partial charge in [-0.3, -0.25) is 4.79 Å². The van der Waals surface area contributed by atoms with Crippen molar-refractivity contribution < 1.29 is 14.6 Å². The molecule has 4 nitrogen and oxygen atoms in total. The maximum Gasteiger partial charge on any atom is 0.242 e. The third kappa shape index (κ3) is 3.30. The van der Waals surface area contributed by atoms with E-state index < -0.39 is 4.83 Å². The van der Waals surface area contributed by atoms with Gasteiger partial charge in [-0.15, -0.1) is 0 Å². The molecule has 1 amide bonds. The standard InChI is InChI=1S/C15H14BrNO3/c1-20-11-7-8-13(18)12(9-11)17-15(19)14(16)10-5-3-2-4-6-10/h2-9,14,18H,1H3,(H,17,19). The van der Waals surface area contributed by atoms with E-state index in [2.05, 4.69) is 21.2 Å². The van der Waals surface area contributed by atoms with Crippen LogP contribution in [0.15, 0.2) is 48.5 Å². The molecule has 0 saturated carbocycles. The Morgan fingerprint density at radius 1 is 1.25 bits per heavy atom. The molecular formula is C15H14BrNO3. The van der Waals surface area contributed by atoms with Crippen molar-refractivity contribution in [2.24, 2.45) is 0 Å². The number of phenols is 1. The molecule has 0 aromatic heterocycles. The second-order valence-corrected chi connectivity index (χ2v) is 5.06. The van der Waals surface area contributed by atoms with Crippen LogP contribution in [0.25, 0.3) is 0 Å². The van der Waals surface area contributed by atoms with E-state index in [1.807, 2.05) is 30.3 Å². The first kappa shape index (κ1) is 14.4. The third-order valence-corrected chi connectivity index (χ3v) is 3.73. The number of halogens is 1. The Morgan fingerprint density at radius 3 is 2.60 bits per heavy atom. The Balaban J connectivity index is 2.15. The summed E-state index contributed by atoms with van der Waals surface area (Å²) < 4.78 is 5.06. The molecule has 0 heterocycles. The summed E-state index contributed by atoms with van der Waals surface area (Å²) in [5.74, 6) is 0.288. The Morgan fingerprint density at radius 2 is 1.95 bits per heavy atom. The molecule has 0 fully saturated rings. The number of hydrogen-bond acceptors (Lipinski definition) is 3. The minimum atomic E-state index is -0.491. The van der Waals surface area contributed by atoms with Gasteiger partial charge in [0.25, 0.3) is 0 Å². The van der Waals surface area contributed by atoms with Crippen molar-refractivity contribution in [3.05, 3.63) is 54.1 Å². The van der Waals surface area contributed by atoms with Gasteiger partial charge in [0.15, 0.2) is 0 Å². The third-order valence-electron chi connectivity index (χ3n) is 2.78. The van der Waals surface area contributed by atoms with Gasteiger partial charge in [0.2, 0.25) is 5.91 Å². The number of alkyl halides is 1. The van der Waals surface area contributed by atoms with Crippen LogP contribution in [0.4, 0.5) is 5.69 Å². The molecule has 5 heteroatoms. The number of nitrogens with one attached hydrogen (secondary N) is 1. The van der Waals surface area contributed by atoms with Crippen molar-refractivity contribution in [2.75, 3.05) is 12.4 Å². The lowest BCUT2D eigenvalue weighted by atomic mass is 10.1. The summed E-state index contributed by atoms with van der Waals surface area (Å²) in [6.07, 6.45) is 0. The SMILES string of the molecule is COc1ccc(O)c(NC(=O)C(Br)c2ccccc2)c1. The van der Waals surface area contributed by atoms with E-state index in [9.17, 15) is 9.90 Å². The second-order valence-electron chi connectivity index (χ2n) is 4.15. The molecule has 2 N–H and O–H groups in total. The summed E-state index contributed by atoms with van der Waals surface area (Å²) >= 11 is 3.34. The van der Waals surface area contributed by atoms with Crippen LogP contribution < -0.4 is 10.1 Å². The van der Waals surface area contributed by atoms with Gasteiger partial charge in [-0.25, -0.2) is 0 Å². The molecule has 2 aromatic rings. The molecule has 2 rings (SSSR count). The van der Waals surface area contributed by atoms with Gasteiger partial charge in [0, 0.05) is 6.07 Å². The molecule has 20 heavy (non-hydrogen) atoms. The monoisotopic (exact) mass is 335 g/mol. The number of aromatic hydroxyl groups is 1. The molecule has 0 spiro atoms. The number of amides is 1. The average molecular weight is 336 g/mol. The number of rotatable bonds is 4. The Hall–Kier alpha value is -2.01. The fourth-order valence-corrected chi connectivity index (χ4v) is 2.13. The van der Waals surface area contributed by atoms with Crippen LogP contribution in [-0.2, 0) is 4.79 Å². The van der Waals surface area contributed by atoms with Crippen LogP contribution in [-0.4, -0.2) is 18.1 Å². The van der Waals surface area contributed by atoms with Crippen LogP contribution in [0.2, 0.25) is 0 Å². The van der Waals surface area contributed by atoms with Gasteiger partial charge in [-0.2, -0.15) is 0 Å². The molecule has 0 radical (unpaired) electrons. The molecule has 1 atom stereocenters. The van der Waals surface area contributed by atoms with Crippen molar-refractivity contribution in [2.45, 2.75) is 4.83 Å². The van der Waals surface area contributed by atoms with E-state index in [1.165, 1.54) is 13.2 Å². The molecule has 104 valence electrons. The highest BCUT2D eigenvalue weighted by Crippen LogP contribution is 2.30. The van der Waals surface area contributed by atoms with Crippen molar-refractivity contribution in [3.63, 3.8) is 0 Å².